The number of carboxylic acid groups (broad SMARTS) is 1. The van der Waals surface area contributed by atoms with E-state index in [1.807, 2.05) is 6.92 Å². The highest BCUT2D eigenvalue weighted by Crippen LogP contribution is 2.16. The molecule has 0 saturated carbocycles. The molecule has 2 rings (SSSR count). The van der Waals surface area contributed by atoms with Crippen molar-refractivity contribution in [3.05, 3.63) is 52.6 Å². The molecular formula is C14H12ClN3O3. The normalized spacial score (nSPS) is 10.2. The number of rotatable bonds is 4. The lowest BCUT2D eigenvalue weighted by atomic mass is 10.2. The number of hydrogen-bond donors (Lipinski definition) is 2. The van der Waals surface area contributed by atoms with Crippen LogP contribution in [0.4, 0.5) is 5.69 Å². The van der Waals surface area contributed by atoms with Crippen molar-refractivity contribution in [3.63, 3.8) is 0 Å². The number of halogens is 1. The average molecular weight is 306 g/mol. The van der Waals surface area contributed by atoms with Gasteiger partial charge in [0, 0.05) is 17.5 Å². The number of hydrogen-bond acceptors (Lipinski definition) is 4. The first-order chi connectivity index (χ1) is 10.0. The first-order valence-electron chi connectivity index (χ1n) is 6.17. The number of aryl methyl sites for hydroxylation is 1. The maximum absolute atomic E-state index is 12.2. The maximum Gasteiger partial charge on any atom is 0.356 e. The van der Waals surface area contributed by atoms with E-state index in [2.05, 4.69) is 15.3 Å². The van der Waals surface area contributed by atoms with Gasteiger partial charge in [0.1, 0.15) is 5.15 Å². The van der Waals surface area contributed by atoms with Crippen molar-refractivity contribution in [2.24, 2.45) is 0 Å². The molecule has 7 heteroatoms. The van der Waals surface area contributed by atoms with Gasteiger partial charge in [-0.15, -0.1) is 0 Å². The molecule has 0 radical (unpaired) electrons. The fourth-order valence-corrected chi connectivity index (χ4v) is 1.96. The third-order valence-corrected chi connectivity index (χ3v) is 2.92. The minimum atomic E-state index is -1.21. The Morgan fingerprint density at radius 2 is 2.14 bits per heavy atom. The Balaban J connectivity index is 2.30. The van der Waals surface area contributed by atoms with E-state index in [0.717, 1.165) is 0 Å². The summed E-state index contributed by atoms with van der Waals surface area (Å²) in [5.41, 5.74) is 0.895. The summed E-state index contributed by atoms with van der Waals surface area (Å²) in [6.07, 6.45) is 1.98. The number of nitrogens with zero attached hydrogens (tertiary/aromatic N) is 2. The van der Waals surface area contributed by atoms with Crippen molar-refractivity contribution in [1.29, 1.82) is 0 Å². The van der Waals surface area contributed by atoms with Crippen LogP contribution < -0.4 is 5.32 Å². The Morgan fingerprint density at radius 3 is 2.81 bits per heavy atom. The number of carboxylic acids is 1. The van der Waals surface area contributed by atoms with Gasteiger partial charge in [-0.2, -0.15) is 0 Å². The third kappa shape index (κ3) is 3.55. The second-order valence-corrected chi connectivity index (χ2v) is 4.57. The quantitative estimate of drug-likeness (QED) is 0.847. The van der Waals surface area contributed by atoms with Crippen molar-refractivity contribution in [3.8, 4) is 0 Å². The van der Waals surface area contributed by atoms with E-state index in [9.17, 15) is 9.59 Å². The van der Waals surface area contributed by atoms with Crippen molar-refractivity contribution >= 4 is 29.2 Å². The zero-order valence-corrected chi connectivity index (χ0v) is 11.9. The number of anilines is 1. The molecule has 0 spiro atoms. The summed E-state index contributed by atoms with van der Waals surface area (Å²) in [7, 11) is 0. The summed E-state index contributed by atoms with van der Waals surface area (Å²) in [6, 6.07) is 6.04. The Labute approximate surface area is 125 Å². The van der Waals surface area contributed by atoms with Gasteiger partial charge in [0.15, 0.2) is 5.69 Å². The minimum Gasteiger partial charge on any atom is -0.476 e. The number of carbonyl (C=O) groups is 2. The molecule has 2 aromatic heterocycles. The number of nitrogens with one attached hydrogen (secondary N) is 1. The van der Waals surface area contributed by atoms with Crippen molar-refractivity contribution in [2.45, 2.75) is 13.3 Å². The number of aromatic nitrogens is 2. The van der Waals surface area contributed by atoms with Crippen LogP contribution in [-0.4, -0.2) is 27.0 Å². The standard InChI is InChI=1S/C14H12ClN3O3/c1-2-9-6-8(7-11(15)17-9)13(19)18-10-4-3-5-16-12(10)14(20)21/h3-7H,2H2,1H3,(H,18,19)(H,20,21). The summed E-state index contributed by atoms with van der Waals surface area (Å²) in [5, 5.41) is 11.8. The average Bonchev–Trinajstić information content (AvgIpc) is 2.46. The van der Waals surface area contributed by atoms with Crippen LogP contribution >= 0.6 is 11.6 Å². The molecule has 0 unspecified atom stereocenters. The number of carbonyl (C=O) groups excluding carboxylic acids is 1. The first-order valence-corrected chi connectivity index (χ1v) is 6.55. The second kappa shape index (κ2) is 6.32. The van der Waals surface area contributed by atoms with Crippen LogP contribution in [0.25, 0.3) is 0 Å². The maximum atomic E-state index is 12.2. The third-order valence-electron chi connectivity index (χ3n) is 2.73. The lowest BCUT2D eigenvalue weighted by Crippen LogP contribution is -2.16. The molecule has 0 atom stereocenters. The molecule has 2 aromatic rings. The van der Waals surface area contributed by atoms with Gasteiger partial charge in [0.2, 0.25) is 0 Å². The Bertz CT molecular complexity index is 704. The molecule has 1 amide bonds. The van der Waals surface area contributed by atoms with E-state index >= 15 is 0 Å². The molecule has 0 bridgehead atoms. The van der Waals surface area contributed by atoms with Gasteiger partial charge in [-0.3, -0.25) is 4.79 Å². The molecule has 0 fully saturated rings. The molecule has 6 nitrogen and oxygen atoms in total. The Hall–Kier alpha value is -2.47. The zero-order valence-electron chi connectivity index (χ0n) is 11.1. The monoisotopic (exact) mass is 305 g/mol. The van der Waals surface area contributed by atoms with E-state index in [0.29, 0.717) is 17.7 Å². The predicted molar refractivity (Wildman–Crippen MR) is 77.8 cm³/mol. The van der Waals surface area contributed by atoms with E-state index in [1.54, 1.807) is 12.1 Å². The summed E-state index contributed by atoms with van der Waals surface area (Å²) >= 11 is 5.86. The SMILES string of the molecule is CCc1cc(C(=O)Nc2cccnc2C(=O)O)cc(Cl)n1. The summed E-state index contributed by atoms with van der Waals surface area (Å²) in [5.74, 6) is -1.68. The Morgan fingerprint density at radius 1 is 1.38 bits per heavy atom. The van der Waals surface area contributed by atoms with Gasteiger partial charge in [0.25, 0.3) is 5.91 Å². The van der Waals surface area contributed by atoms with Gasteiger partial charge in [-0.25, -0.2) is 14.8 Å². The highest BCUT2D eigenvalue weighted by molar-refractivity contribution is 6.29. The van der Waals surface area contributed by atoms with E-state index in [-0.39, 0.29) is 16.5 Å². The Kier molecular flexibility index (Phi) is 4.49. The van der Waals surface area contributed by atoms with E-state index < -0.39 is 11.9 Å². The van der Waals surface area contributed by atoms with Crippen LogP contribution in [-0.2, 0) is 6.42 Å². The van der Waals surface area contributed by atoms with Gasteiger partial charge in [-0.05, 0) is 30.7 Å². The summed E-state index contributed by atoms with van der Waals surface area (Å²) < 4.78 is 0. The highest BCUT2D eigenvalue weighted by atomic mass is 35.5. The fraction of sp³-hybridized carbons (Fsp3) is 0.143. The molecular weight excluding hydrogens is 294 g/mol. The summed E-state index contributed by atoms with van der Waals surface area (Å²) in [6.45, 7) is 1.89. The molecule has 0 saturated heterocycles. The first kappa shape index (κ1) is 14.9. The predicted octanol–water partition coefficient (Wildman–Crippen LogP) is 2.64. The molecule has 0 aromatic carbocycles. The second-order valence-electron chi connectivity index (χ2n) is 4.18. The minimum absolute atomic E-state index is 0.126. The molecule has 0 aliphatic rings. The molecule has 21 heavy (non-hydrogen) atoms. The van der Waals surface area contributed by atoms with Gasteiger partial charge >= 0.3 is 5.97 Å². The highest BCUT2D eigenvalue weighted by Gasteiger charge is 2.15. The lowest BCUT2D eigenvalue weighted by molar-refractivity contribution is 0.0691. The fourth-order valence-electron chi connectivity index (χ4n) is 1.73. The number of pyridine rings is 2. The molecule has 0 aliphatic heterocycles. The van der Waals surface area contributed by atoms with Crippen LogP contribution in [0.2, 0.25) is 5.15 Å². The topological polar surface area (TPSA) is 92.2 Å². The molecule has 0 aliphatic carbocycles. The van der Waals surface area contributed by atoms with Crippen LogP contribution in [0.3, 0.4) is 0 Å². The van der Waals surface area contributed by atoms with Crippen LogP contribution in [0, 0.1) is 0 Å². The largest absolute Gasteiger partial charge is 0.476 e. The van der Waals surface area contributed by atoms with Crippen LogP contribution in [0.1, 0.15) is 33.5 Å². The smallest absolute Gasteiger partial charge is 0.356 e. The van der Waals surface area contributed by atoms with Crippen molar-refractivity contribution < 1.29 is 14.7 Å². The van der Waals surface area contributed by atoms with Crippen LogP contribution in [0.15, 0.2) is 30.5 Å². The van der Waals surface area contributed by atoms with Crippen LogP contribution in [0.5, 0.6) is 0 Å². The number of aromatic carboxylic acids is 1. The van der Waals surface area contributed by atoms with Crippen molar-refractivity contribution in [2.75, 3.05) is 5.32 Å². The van der Waals surface area contributed by atoms with Crippen molar-refractivity contribution in [1.82, 2.24) is 9.97 Å². The van der Waals surface area contributed by atoms with Gasteiger partial charge in [-0.1, -0.05) is 18.5 Å². The molecule has 108 valence electrons. The molecule has 2 heterocycles. The zero-order chi connectivity index (χ0) is 15.4. The summed E-state index contributed by atoms with van der Waals surface area (Å²) in [4.78, 5) is 31.0. The number of amides is 1. The van der Waals surface area contributed by atoms with E-state index in [1.165, 1.54) is 18.3 Å². The van der Waals surface area contributed by atoms with Gasteiger partial charge in [0.05, 0.1) is 5.69 Å². The molecule has 2 N–H and O–H groups in total. The van der Waals surface area contributed by atoms with E-state index in [4.69, 9.17) is 16.7 Å². The van der Waals surface area contributed by atoms with Gasteiger partial charge < -0.3 is 10.4 Å². The lowest BCUT2D eigenvalue weighted by Gasteiger charge is -2.08.